The van der Waals surface area contributed by atoms with Crippen molar-refractivity contribution in [3.63, 3.8) is 0 Å². The topological polar surface area (TPSA) is 41.6 Å². The molecule has 2 aromatic rings. The lowest BCUT2D eigenvalue weighted by Crippen LogP contribution is -2.38. The van der Waals surface area contributed by atoms with Crippen LogP contribution >= 0.6 is 0 Å². The number of halogens is 3. The summed E-state index contributed by atoms with van der Waals surface area (Å²) in [5.74, 6) is 1.03. The lowest BCUT2D eigenvalue weighted by molar-refractivity contribution is -0.137. The van der Waals surface area contributed by atoms with Crippen molar-refractivity contribution in [3.8, 4) is 5.75 Å². The third kappa shape index (κ3) is 4.72. The Morgan fingerprint density at radius 2 is 1.96 bits per heavy atom. The molecule has 1 saturated heterocycles. The summed E-state index contributed by atoms with van der Waals surface area (Å²) in [7, 11) is 1.61. The van der Waals surface area contributed by atoms with Crippen LogP contribution in [-0.2, 0) is 12.7 Å². The number of amides is 2. The minimum Gasteiger partial charge on any atom is -0.497 e. The maximum absolute atomic E-state index is 12.8. The minimum atomic E-state index is -4.39. The van der Waals surface area contributed by atoms with E-state index < -0.39 is 11.7 Å². The van der Waals surface area contributed by atoms with Crippen LogP contribution in [0.4, 0.5) is 18.0 Å². The number of carbonyl (C=O) groups is 1. The quantitative estimate of drug-likeness (QED) is 0.856. The Balaban J connectivity index is 1.55. The Labute approximate surface area is 155 Å². The lowest BCUT2D eigenvalue weighted by Gasteiger charge is -2.18. The fourth-order valence-electron chi connectivity index (χ4n) is 3.24. The van der Waals surface area contributed by atoms with Gasteiger partial charge in [-0.2, -0.15) is 13.2 Å². The SMILES string of the molecule is COc1ccc(C2CCN(C(=O)NCc3cccc(C(F)(F)F)c3)C2)cc1. The van der Waals surface area contributed by atoms with Crippen molar-refractivity contribution in [2.75, 3.05) is 20.2 Å². The molecule has 3 rings (SSSR count). The van der Waals surface area contributed by atoms with Crippen molar-refractivity contribution < 1.29 is 22.7 Å². The van der Waals surface area contributed by atoms with Crippen molar-refractivity contribution in [2.45, 2.75) is 25.1 Å². The van der Waals surface area contributed by atoms with Gasteiger partial charge in [0.05, 0.1) is 12.7 Å². The van der Waals surface area contributed by atoms with Crippen LogP contribution in [0.15, 0.2) is 48.5 Å². The second-order valence-corrected chi connectivity index (χ2v) is 6.56. The highest BCUT2D eigenvalue weighted by Gasteiger charge is 2.30. The molecule has 4 nitrogen and oxygen atoms in total. The van der Waals surface area contributed by atoms with E-state index in [9.17, 15) is 18.0 Å². The molecule has 144 valence electrons. The average Bonchev–Trinajstić information content (AvgIpc) is 3.16. The molecule has 0 radical (unpaired) electrons. The van der Waals surface area contributed by atoms with Gasteiger partial charge in [0, 0.05) is 25.6 Å². The van der Waals surface area contributed by atoms with Gasteiger partial charge in [0.1, 0.15) is 5.75 Å². The van der Waals surface area contributed by atoms with E-state index in [4.69, 9.17) is 4.74 Å². The third-order valence-corrected chi connectivity index (χ3v) is 4.76. The summed E-state index contributed by atoms with van der Waals surface area (Å²) < 4.78 is 43.4. The molecule has 0 bridgehead atoms. The number of alkyl halides is 3. The second-order valence-electron chi connectivity index (χ2n) is 6.56. The van der Waals surface area contributed by atoms with Crippen molar-refractivity contribution in [2.24, 2.45) is 0 Å². The molecule has 2 aromatic carbocycles. The van der Waals surface area contributed by atoms with Gasteiger partial charge in [0.25, 0.3) is 0 Å². The summed E-state index contributed by atoms with van der Waals surface area (Å²) in [5.41, 5.74) is 0.850. The monoisotopic (exact) mass is 378 g/mol. The third-order valence-electron chi connectivity index (χ3n) is 4.76. The Hall–Kier alpha value is -2.70. The Kier molecular flexibility index (Phi) is 5.58. The number of urea groups is 1. The van der Waals surface area contributed by atoms with Crippen molar-refractivity contribution in [1.29, 1.82) is 0 Å². The van der Waals surface area contributed by atoms with E-state index >= 15 is 0 Å². The number of nitrogens with zero attached hydrogens (tertiary/aromatic N) is 1. The number of carbonyl (C=O) groups excluding carboxylic acids is 1. The first-order valence-electron chi connectivity index (χ1n) is 8.69. The van der Waals surface area contributed by atoms with Crippen LogP contribution in [0.2, 0.25) is 0 Å². The molecule has 1 atom stereocenters. The van der Waals surface area contributed by atoms with Gasteiger partial charge in [0.2, 0.25) is 0 Å². The number of benzene rings is 2. The number of hydrogen-bond acceptors (Lipinski definition) is 2. The lowest BCUT2D eigenvalue weighted by atomic mass is 9.98. The fourth-order valence-corrected chi connectivity index (χ4v) is 3.24. The minimum absolute atomic E-state index is 0.0620. The average molecular weight is 378 g/mol. The zero-order chi connectivity index (χ0) is 19.4. The first-order valence-corrected chi connectivity index (χ1v) is 8.69. The summed E-state index contributed by atoms with van der Waals surface area (Å²) in [4.78, 5) is 14.0. The van der Waals surface area contributed by atoms with Crippen LogP contribution in [0.3, 0.4) is 0 Å². The molecule has 1 aliphatic heterocycles. The van der Waals surface area contributed by atoms with Crippen LogP contribution in [0.1, 0.15) is 29.0 Å². The molecule has 0 aromatic heterocycles. The highest BCUT2D eigenvalue weighted by Crippen LogP contribution is 2.30. The van der Waals surface area contributed by atoms with Gasteiger partial charge in [-0.3, -0.25) is 0 Å². The van der Waals surface area contributed by atoms with Crippen LogP contribution in [0.5, 0.6) is 5.75 Å². The largest absolute Gasteiger partial charge is 0.497 e. The van der Waals surface area contributed by atoms with Gasteiger partial charge < -0.3 is 15.0 Å². The maximum Gasteiger partial charge on any atom is 0.416 e. The summed E-state index contributed by atoms with van der Waals surface area (Å²) >= 11 is 0. The van der Waals surface area contributed by atoms with E-state index in [1.807, 2.05) is 24.3 Å². The van der Waals surface area contributed by atoms with Gasteiger partial charge in [-0.15, -0.1) is 0 Å². The highest BCUT2D eigenvalue weighted by molar-refractivity contribution is 5.74. The molecule has 0 aliphatic carbocycles. The van der Waals surface area contributed by atoms with Crippen LogP contribution in [0.25, 0.3) is 0 Å². The standard InChI is InChI=1S/C20H21F3N2O2/c1-27-18-7-5-15(6-8-18)16-9-10-25(13-16)19(26)24-12-14-3-2-4-17(11-14)20(21,22)23/h2-8,11,16H,9-10,12-13H2,1H3,(H,24,26). The van der Waals surface area contributed by atoms with E-state index in [0.29, 0.717) is 18.7 Å². The zero-order valence-corrected chi connectivity index (χ0v) is 14.9. The summed E-state index contributed by atoms with van der Waals surface area (Å²) in [6, 6.07) is 12.5. The summed E-state index contributed by atoms with van der Waals surface area (Å²) in [6.07, 6.45) is -3.54. The first kappa shape index (κ1) is 19.1. The van der Waals surface area contributed by atoms with Gasteiger partial charge in [-0.1, -0.05) is 24.3 Å². The van der Waals surface area contributed by atoms with Gasteiger partial charge in [-0.25, -0.2) is 4.79 Å². The van der Waals surface area contributed by atoms with Gasteiger partial charge in [0.15, 0.2) is 0 Å². The Bertz CT molecular complexity index is 791. The molecule has 0 spiro atoms. The van der Waals surface area contributed by atoms with E-state index in [0.717, 1.165) is 29.9 Å². The molecule has 7 heteroatoms. The number of ether oxygens (including phenoxy) is 1. The summed E-state index contributed by atoms with van der Waals surface area (Å²) in [6.45, 7) is 1.26. The molecule has 1 aliphatic rings. The van der Waals surface area contributed by atoms with Gasteiger partial charge >= 0.3 is 12.2 Å². The van der Waals surface area contributed by atoms with E-state index in [-0.39, 0.29) is 18.5 Å². The zero-order valence-electron chi connectivity index (χ0n) is 14.9. The van der Waals surface area contributed by atoms with Crippen molar-refractivity contribution in [3.05, 3.63) is 65.2 Å². The van der Waals surface area contributed by atoms with E-state index in [1.165, 1.54) is 6.07 Å². The molecule has 0 saturated carbocycles. The van der Waals surface area contributed by atoms with Crippen LogP contribution in [-0.4, -0.2) is 31.1 Å². The molecular weight excluding hydrogens is 357 g/mol. The molecule has 1 fully saturated rings. The first-order chi connectivity index (χ1) is 12.9. The molecular formula is C20H21F3N2O2. The number of nitrogens with one attached hydrogen (secondary N) is 1. The second kappa shape index (κ2) is 7.90. The number of rotatable bonds is 4. The molecule has 1 heterocycles. The van der Waals surface area contributed by atoms with E-state index in [1.54, 1.807) is 18.1 Å². The molecule has 1 N–H and O–H groups in total. The Morgan fingerprint density at radius 1 is 1.22 bits per heavy atom. The molecule has 27 heavy (non-hydrogen) atoms. The fraction of sp³-hybridized carbons (Fsp3) is 0.350. The maximum atomic E-state index is 12.8. The Morgan fingerprint density at radius 3 is 2.63 bits per heavy atom. The molecule has 2 amide bonds. The van der Waals surface area contributed by atoms with Crippen molar-refractivity contribution in [1.82, 2.24) is 10.2 Å². The normalized spacial score (nSPS) is 17.0. The predicted molar refractivity (Wildman–Crippen MR) is 95.6 cm³/mol. The van der Waals surface area contributed by atoms with Crippen LogP contribution < -0.4 is 10.1 Å². The van der Waals surface area contributed by atoms with Crippen LogP contribution in [0, 0.1) is 0 Å². The number of likely N-dealkylation sites (tertiary alicyclic amines) is 1. The van der Waals surface area contributed by atoms with Crippen molar-refractivity contribution >= 4 is 6.03 Å². The predicted octanol–water partition coefficient (Wildman–Crippen LogP) is 4.41. The molecule has 1 unspecified atom stereocenters. The summed E-state index contributed by atoms with van der Waals surface area (Å²) in [5, 5.41) is 2.71. The number of methoxy groups -OCH3 is 1. The van der Waals surface area contributed by atoms with Gasteiger partial charge in [-0.05, 0) is 41.8 Å². The highest BCUT2D eigenvalue weighted by atomic mass is 19.4. The van der Waals surface area contributed by atoms with E-state index in [2.05, 4.69) is 5.32 Å². The number of hydrogen-bond donors (Lipinski definition) is 1. The smallest absolute Gasteiger partial charge is 0.416 e.